The number of hydrogen-bond acceptors (Lipinski definition) is 4. The van der Waals surface area contributed by atoms with Crippen molar-refractivity contribution < 1.29 is 41.7 Å². The number of halogens is 5. The van der Waals surface area contributed by atoms with Crippen LogP contribution in [-0.4, -0.2) is 27.5 Å². The number of ether oxygens (including phenoxy) is 1. The zero-order valence-electron chi connectivity index (χ0n) is 8.91. The molecule has 0 atom stereocenters. The van der Waals surface area contributed by atoms with Crippen molar-refractivity contribution in [3.63, 3.8) is 0 Å². The maximum Gasteiger partial charge on any atom is 0.574 e. The zero-order valence-corrected chi connectivity index (χ0v) is 8.91. The molecular weight excluding hydrogens is 281 g/mol. The minimum absolute atomic E-state index is 0.327. The summed E-state index contributed by atoms with van der Waals surface area (Å²) in [6.45, 7) is 0. The molecule has 0 radical (unpaired) electrons. The molecule has 0 unspecified atom stereocenters. The van der Waals surface area contributed by atoms with E-state index < -0.39 is 47.9 Å². The lowest BCUT2D eigenvalue weighted by molar-refractivity contribution is -0.276. The third kappa shape index (κ3) is 3.93. The minimum Gasteiger partial charge on any atom is -0.506 e. The second kappa shape index (κ2) is 5.24. The van der Waals surface area contributed by atoms with E-state index in [1.54, 1.807) is 0 Å². The monoisotopic (exact) mass is 287 g/mol. The minimum atomic E-state index is -5.23. The highest BCUT2D eigenvalue weighted by molar-refractivity contribution is 5.72. The van der Waals surface area contributed by atoms with Gasteiger partial charge in [0.05, 0.1) is 18.2 Å². The first-order valence-corrected chi connectivity index (χ1v) is 4.58. The molecule has 0 aliphatic carbocycles. The van der Waals surface area contributed by atoms with Crippen LogP contribution < -0.4 is 4.74 Å². The average Bonchev–Trinajstić information content (AvgIpc) is 2.19. The van der Waals surface area contributed by atoms with Crippen LogP contribution in [0.5, 0.6) is 11.6 Å². The van der Waals surface area contributed by atoms with E-state index in [2.05, 4.69) is 9.72 Å². The first kappa shape index (κ1) is 14.9. The quantitative estimate of drug-likeness (QED) is 0.830. The van der Waals surface area contributed by atoms with Gasteiger partial charge in [-0.3, -0.25) is 4.79 Å². The zero-order chi connectivity index (χ0) is 14.8. The van der Waals surface area contributed by atoms with Crippen molar-refractivity contribution in [1.82, 2.24) is 4.98 Å². The molecule has 1 heterocycles. The standard InChI is InChI=1S/C9H6F5NO4/c10-7(11)6-3(1-5(17)18)8(15-2-4(6)16)19-9(12,13)14/h2,7,16H,1H2,(H,17,18). The second-order valence-corrected chi connectivity index (χ2v) is 3.26. The Labute approximate surface area is 102 Å². The number of carbonyl (C=O) groups is 1. The maximum atomic E-state index is 12.6. The highest BCUT2D eigenvalue weighted by Gasteiger charge is 2.35. The van der Waals surface area contributed by atoms with Crippen LogP contribution in [0.1, 0.15) is 17.6 Å². The van der Waals surface area contributed by atoms with E-state index in [1.165, 1.54) is 0 Å². The van der Waals surface area contributed by atoms with Gasteiger partial charge in [-0.2, -0.15) is 0 Å². The molecule has 0 aliphatic rings. The van der Waals surface area contributed by atoms with Gasteiger partial charge in [-0.05, 0) is 0 Å². The van der Waals surface area contributed by atoms with E-state index in [4.69, 9.17) is 10.2 Å². The van der Waals surface area contributed by atoms with Crippen LogP contribution in [-0.2, 0) is 11.2 Å². The molecule has 0 saturated heterocycles. The summed E-state index contributed by atoms with van der Waals surface area (Å²) < 4.78 is 64.7. The molecule has 0 spiro atoms. The van der Waals surface area contributed by atoms with Gasteiger partial charge < -0.3 is 14.9 Å². The lowest BCUT2D eigenvalue weighted by atomic mass is 10.1. The van der Waals surface area contributed by atoms with Gasteiger partial charge in [0.15, 0.2) is 0 Å². The molecule has 1 rings (SSSR count). The highest BCUT2D eigenvalue weighted by atomic mass is 19.4. The predicted octanol–water partition coefficient (Wildman–Crippen LogP) is 2.25. The van der Waals surface area contributed by atoms with Crippen molar-refractivity contribution in [1.29, 1.82) is 0 Å². The molecule has 0 amide bonds. The van der Waals surface area contributed by atoms with Crippen molar-refractivity contribution in [2.45, 2.75) is 19.2 Å². The van der Waals surface area contributed by atoms with Crippen molar-refractivity contribution in [3.8, 4) is 11.6 Å². The van der Waals surface area contributed by atoms with Crippen LogP contribution in [0.2, 0.25) is 0 Å². The Kier molecular flexibility index (Phi) is 4.12. The van der Waals surface area contributed by atoms with Crippen LogP contribution in [0.4, 0.5) is 22.0 Å². The first-order valence-electron chi connectivity index (χ1n) is 4.58. The SMILES string of the molecule is O=C(O)Cc1c(OC(F)(F)F)ncc(O)c1C(F)F. The van der Waals surface area contributed by atoms with Crippen LogP contribution in [0, 0.1) is 0 Å². The van der Waals surface area contributed by atoms with Crippen molar-refractivity contribution in [2.24, 2.45) is 0 Å². The largest absolute Gasteiger partial charge is 0.574 e. The molecule has 0 bridgehead atoms. The summed E-state index contributed by atoms with van der Waals surface area (Å²) in [5.74, 6) is -4.12. The lowest BCUT2D eigenvalue weighted by Gasteiger charge is -2.15. The maximum absolute atomic E-state index is 12.6. The van der Waals surface area contributed by atoms with Crippen molar-refractivity contribution >= 4 is 5.97 Å². The Morgan fingerprint density at radius 3 is 2.42 bits per heavy atom. The fraction of sp³-hybridized carbons (Fsp3) is 0.333. The number of aliphatic carboxylic acids is 1. The number of alkyl halides is 5. The molecule has 0 fully saturated rings. The van der Waals surface area contributed by atoms with Crippen molar-refractivity contribution in [2.75, 3.05) is 0 Å². The van der Waals surface area contributed by atoms with Gasteiger partial charge in [0.2, 0.25) is 5.88 Å². The molecule has 5 nitrogen and oxygen atoms in total. The lowest BCUT2D eigenvalue weighted by Crippen LogP contribution is -2.20. The summed E-state index contributed by atoms with van der Waals surface area (Å²) in [5.41, 5.74) is -2.28. The first-order chi connectivity index (χ1) is 8.61. The summed E-state index contributed by atoms with van der Waals surface area (Å²) in [6, 6.07) is 0. The van der Waals surface area contributed by atoms with E-state index in [0.29, 0.717) is 6.20 Å². The number of pyridine rings is 1. The molecule has 0 aliphatic heterocycles. The Hall–Kier alpha value is -2.13. The third-order valence-electron chi connectivity index (χ3n) is 1.92. The van der Waals surface area contributed by atoms with E-state index in [-0.39, 0.29) is 0 Å². The van der Waals surface area contributed by atoms with Crippen molar-refractivity contribution in [3.05, 3.63) is 17.3 Å². The number of hydrogen-bond donors (Lipinski definition) is 2. The molecule has 19 heavy (non-hydrogen) atoms. The van der Waals surface area contributed by atoms with Gasteiger partial charge >= 0.3 is 12.3 Å². The number of aromatic nitrogens is 1. The van der Waals surface area contributed by atoms with E-state index in [9.17, 15) is 26.7 Å². The molecule has 0 aromatic carbocycles. The molecule has 1 aromatic heterocycles. The van der Waals surface area contributed by atoms with Gasteiger partial charge in [-0.25, -0.2) is 13.8 Å². The third-order valence-corrected chi connectivity index (χ3v) is 1.92. The second-order valence-electron chi connectivity index (χ2n) is 3.26. The number of aromatic hydroxyl groups is 1. The Morgan fingerprint density at radius 1 is 1.42 bits per heavy atom. The summed E-state index contributed by atoms with van der Waals surface area (Å²) in [4.78, 5) is 13.5. The smallest absolute Gasteiger partial charge is 0.506 e. The van der Waals surface area contributed by atoms with Gasteiger partial charge in [0, 0.05) is 5.56 Å². The molecular formula is C9H6F5NO4. The van der Waals surface area contributed by atoms with Crippen LogP contribution in [0.3, 0.4) is 0 Å². The number of nitrogens with zero attached hydrogens (tertiary/aromatic N) is 1. The van der Waals surface area contributed by atoms with E-state index in [0.717, 1.165) is 0 Å². The Bertz CT molecular complexity index is 488. The number of carboxylic acid groups (broad SMARTS) is 1. The molecule has 0 saturated carbocycles. The van der Waals surface area contributed by atoms with Crippen LogP contribution >= 0.6 is 0 Å². The predicted molar refractivity (Wildman–Crippen MR) is 48.9 cm³/mol. The summed E-state index contributed by atoms with van der Waals surface area (Å²) >= 11 is 0. The Morgan fingerprint density at radius 2 is 2.00 bits per heavy atom. The topological polar surface area (TPSA) is 79.7 Å². The molecule has 2 N–H and O–H groups in total. The molecule has 106 valence electrons. The molecule has 10 heteroatoms. The van der Waals surface area contributed by atoms with E-state index >= 15 is 0 Å². The van der Waals surface area contributed by atoms with Gasteiger partial charge in [0.25, 0.3) is 6.43 Å². The van der Waals surface area contributed by atoms with Gasteiger partial charge in [0.1, 0.15) is 5.75 Å². The van der Waals surface area contributed by atoms with Crippen LogP contribution in [0.15, 0.2) is 6.20 Å². The number of rotatable bonds is 4. The molecule has 1 aromatic rings. The fourth-order valence-electron chi connectivity index (χ4n) is 1.30. The normalized spacial score (nSPS) is 11.7. The summed E-state index contributed by atoms with van der Waals surface area (Å²) in [7, 11) is 0. The average molecular weight is 287 g/mol. The van der Waals surface area contributed by atoms with Crippen LogP contribution in [0.25, 0.3) is 0 Å². The summed E-state index contributed by atoms with van der Waals surface area (Å²) in [6.07, 6.45) is -9.48. The van der Waals surface area contributed by atoms with E-state index in [1.807, 2.05) is 0 Å². The number of carboxylic acids is 1. The Balaban J connectivity index is 3.38. The summed E-state index contributed by atoms with van der Waals surface area (Å²) in [5, 5.41) is 17.6. The highest BCUT2D eigenvalue weighted by Crippen LogP contribution is 2.37. The van der Waals surface area contributed by atoms with Gasteiger partial charge in [-0.15, -0.1) is 13.2 Å². The van der Waals surface area contributed by atoms with Gasteiger partial charge in [-0.1, -0.05) is 0 Å². The fourth-order valence-corrected chi connectivity index (χ4v) is 1.30.